The summed E-state index contributed by atoms with van der Waals surface area (Å²) in [6.07, 6.45) is 7.54. The monoisotopic (exact) mass is 225 g/mol. The third-order valence-electron chi connectivity index (χ3n) is 2.60. The van der Waals surface area contributed by atoms with Crippen molar-refractivity contribution in [2.45, 2.75) is 19.3 Å². The zero-order chi connectivity index (χ0) is 11.8. The molecule has 0 heterocycles. The van der Waals surface area contributed by atoms with Gasteiger partial charge in [-0.25, -0.2) is 0 Å². The van der Waals surface area contributed by atoms with Gasteiger partial charge in [-0.05, 0) is 25.2 Å². The van der Waals surface area contributed by atoms with E-state index in [1.165, 1.54) is 0 Å². The fraction of sp³-hybridized carbons (Fsp3) is 0.636. The van der Waals surface area contributed by atoms with Crippen molar-refractivity contribution in [1.29, 1.82) is 0 Å². The Hall–Kier alpha value is -1.36. The van der Waals surface area contributed by atoms with Gasteiger partial charge in [0.1, 0.15) is 0 Å². The van der Waals surface area contributed by atoms with Crippen molar-refractivity contribution in [3.63, 3.8) is 0 Å². The Morgan fingerprint density at radius 1 is 1.25 bits per heavy atom. The molecule has 0 aliphatic heterocycles. The van der Waals surface area contributed by atoms with Crippen LogP contribution in [-0.4, -0.2) is 31.4 Å². The van der Waals surface area contributed by atoms with Gasteiger partial charge >= 0.3 is 0 Å². The van der Waals surface area contributed by atoms with E-state index in [4.69, 9.17) is 5.73 Å². The van der Waals surface area contributed by atoms with E-state index in [0.717, 1.165) is 19.3 Å². The fourth-order valence-electron chi connectivity index (χ4n) is 1.61. The lowest BCUT2D eigenvalue weighted by Gasteiger charge is -2.18. The van der Waals surface area contributed by atoms with Crippen LogP contribution in [0.1, 0.15) is 19.3 Å². The minimum absolute atomic E-state index is 0.0125. The van der Waals surface area contributed by atoms with E-state index in [0.29, 0.717) is 12.5 Å². The van der Waals surface area contributed by atoms with Crippen LogP contribution in [-0.2, 0) is 9.59 Å². The minimum Gasteiger partial charge on any atom is -0.354 e. The van der Waals surface area contributed by atoms with Crippen LogP contribution in [0.4, 0.5) is 0 Å². The summed E-state index contributed by atoms with van der Waals surface area (Å²) in [6.45, 7) is 0.612. The van der Waals surface area contributed by atoms with Gasteiger partial charge in [0.2, 0.25) is 11.8 Å². The van der Waals surface area contributed by atoms with Gasteiger partial charge in [-0.3, -0.25) is 9.59 Å². The minimum atomic E-state index is -0.309. The second-order valence-corrected chi connectivity index (χ2v) is 3.94. The number of nitrogens with two attached hydrogens (primary N) is 1. The normalized spacial score (nSPS) is 19.2. The molecule has 0 aromatic carbocycles. The summed E-state index contributed by atoms with van der Waals surface area (Å²) >= 11 is 0. The van der Waals surface area contributed by atoms with Crippen molar-refractivity contribution in [2.75, 3.05) is 19.6 Å². The predicted molar refractivity (Wildman–Crippen MR) is 61.6 cm³/mol. The summed E-state index contributed by atoms with van der Waals surface area (Å²) in [5.41, 5.74) is 5.10. The average Bonchev–Trinajstić information content (AvgIpc) is 2.34. The SMILES string of the molecule is NCC(=O)NCC(=O)NCC1CC=CCC1. The molecule has 0 aromatic heterocycles. The first-order valence-electron chi connectivity index (χ1n) is 5.61. The topological polar surface area (TPSA) is 84.2 Å². The van der Waals surface area contributed by atoms with Crippen LogP contribution in [0.25, 0.3) is 0 Å². The van der Waals surface area contributed by atoms with Crippen molar-refractivity contribution in [1.82, 2.24) is 10.6 Å². The highest BCUT2D eigenvalue weighted by Crippen LogP contribution is 2.16. The van der Waals surface area contributed by atoms with Gasteiger partial charge in [0.25, 0.3) is 0 Å². The summed E-state index contributed by atoms with van der Waals surface area (Å²) in [7, 11) is 0. The first kappa shape index (κ1) is 12.7. The van der Waals surface area contributed by atoms with E-state index in [1.807, 2.05) is 0 Å². The molecule has 1 atom stereocenters. The van der Waals surface area contributed by atoms with E-state index >= 15 is 0 Å². The molecule has 5 heteroatoms. The summed E-state index contributed by atoms with van der Waals surface area (Å²) < 4.78 is 0. The summed E-state index contributed by atoms with van der Waals surface area (Å²) in [6, 6.07) is 0. The van der Waals surface area contributed by atoms with Gasteiger partial charge in [-0.15, -0.1) is 0 Å². The lowest BCUT2D eigenvalue weighted by atomic mass is 9.94. The maximum Gasteiger partial charge on any atom is 0.239 e. The number of carbonyl (C=O) groups is 2. The number of hydrogen-bond donors (Lipinski definition) is 3. The summed E-state index contributed by atoms with van der Waals surface area (Å²) in [4.78, 5) is 22.1. The quantitative estimate of drug-likeness (QED) is 0.553. The standard InChI is InChI=1S/C11H19N3O2/c12-6-10(15)14-8-11(16)13-7-9-4-2-1-3-5-9/h1-2,9H,3-8,12H2,(H,13,16)(H,14,15). The molecule has 2 amide bonds. The molecule has 0 spiro atoms. The number of rotatable bonds is 5. The Morgan fingerprint density at radius 3 is 2.69 bits per heavy atom. The zero-order valence-corrected chi connectivity index (χ0v) is 9.37. The average molecular weight is 225 g/mol. The largest absolute Gasteiger partial charge is 0.354 e. The van der Waals surface area contributed by atoms with Gasteiger partial charge in [-0.2, -0.15) is 0 Å². The molecular formula is C11H19N3O2. The molecule has 1 rings (SSSR count). The molecule has 90 valence electrons. The maximum absolute atomic E-state index is 11.3. The van der Waals surface area contributed by atoms with Gasteiger partial charge < -0.3 is 16.4 Å². The molecule has 1 aliphatic carbocycles. The van der Waals surface area contributed by atoms with Crippen molar-refractivity contribution in [2.24, 2.45) is 11.7 Å². The molecule has 0 bridgehead atoms. The van der Waals surface area contributed by atoms with Crippen LogP contribution in [0.15, 0.2) is 12.2 Å². The Morgan fingerprint density at radius 2 is 2.06 bits per heavy atom. The van der Waals surface area contributed by atoms with Crippen LogP contribution in [0.2, 0.25) is 0 Å². The molecule has 0 saturated carbocycles. The zero-order valence-electron chi connectivity index (χ0n) is 9.37. The van der Waals surface area contributed by atoms with Crippen LogP contribution in [0.5, 0.6) is 0 Å². The number of hydrogen-bond acceptors (Lipinski definition) is 3. The van der Waals surface area contributed by atoms with Crippen molar-refractivity contribution >= 4 is 11.8 Å². The predicted octanol–water partition coefficient (Wildman–Crippen LogP) is -0.466. The van der Waals surface area contributed by atoms with E-state index < -0.39 is 0 Å². The van der Waals surface area contributed by atoms with Crippen LogP contribution in [0, 0.1) is 5.92 Å². The molecule has 1 unspecified atom stereocenters. The highest BCUT2D eigenvalue weighted by Gasteiger charge is 2.11. The molecule has 4 N–H and O–H groups in total. The van der Waals surface area contributed by atoms with Gasteiger partial charge in [-0.1, -0.05) is 12.2 Å². The second kappa shape index (κ2) is 7.00. The number of carbonyl (C=O) groups excluding carboxylic acids is 2. The van der Waals surface area contributed by atoms with Gasteiger partial charge in [0.05, 0.1) is 13.1 Å². The Labute approximate surface area is 95.5 Å². The van der Waals surface area contributed by atoms with Crippen molar-refractivity contribution < 1.29 is 9.59 Å². The van der Waals surface area contributed by atoms with Gasteiger partial charge in [0.15, 0.2) is 0 Å². The highest BCUT2D eigenvalue weighted by molar-refractivity contribution is 5.85. The maximum atomic E-state index is 11.3. The van der Waals surface area contributed by atoms with E-state index in [1.54, 1.807) is 0 Å². The number of allylic oxidation sites excluding steroid dienone is 2. The molecule has 1 aliphatic rings. The van der Waals surface area contributed by atoms with E-state index in [-0.39, 0.29) is 24.9 Å². The van der Waals surface area contributed by atoms with E-state index in [9.17, 15) is 9.59 Å². The lowest BCUT2D eigenvalue weighted by Crippen LogP contribution is -2.40. The van der Waals surface area contributed by atoms with Crippen molar-refractivity contribution in [3.8, 4) is 0 Å². The first-order valence-corrected chi connectivity index (χ1v) is 5.61. The van der Waals surface area contributed by atoms with Crippen LogP contribution in [0.3, 0.4) is 0 Å². The van der Waals surface area contributed by atoms with E-state index in [2.05, 4.69) is 22.8 Å². The molecule has 0 saturated heterocycles. The first-order chi connectivity index (χ1) is 7.72. The molecular weight excluding hydrogens is 206 g/mol. The third kappa shape index (κ3) is 4.93. The molecule has 0 fully saturated rings. The highest BCUT2D eigenvalue weighted by atomic mass is 16.2. The van der Waals surface area contributed by atoms with Gasteiger partial charge in [0, 0.05) is 6.54 Å². The number of amides is 2. The Bertz CT molecular complexity index is 276. The summed E-state index contributed by atoms with van der Waals surface area (Å²) in [5, 5.41) is 5.23. The smallest absolute Gasteiger partial charge is 0.239 e. The van der Waals surface area contributed by atoms with Crippen molar-refractivity contribution in [3.05, 3.63) is 12.2 Å². The summed E-state index contributed by atoms with van der Waals surface area (Å²) in [5.74, 6) is 0.0614. The lowest BCUT2D eigenvalue weighted by molar-refractivity contribution is -0.125. The molecule has 0 aromatic rings. The Balaban J connectivity index is 2.10. The molecule has 5 nitrogen and oxygen atoms in total. The Kier molecular flexibility index (Phi) is 5.56. The third-order valence-corrected chi connectivity index (χ3v) is 2.60. The van der Waals surface area contributed by atoms with Crippen LogP contribution < -0.4 is 16.4 Å². The molecule has 16 heavy (non-hydrogen) atoms. The van der Waals surface area contributed by atoms with Crippen LogP contribution >= 0.6 is 0 Å². The fourth-order valence-corrected chi connectivity index (χ4v) is 1.61. The molecule has 0 radical (unpaired) electrons. The second-order valence-electron chi connectivity index (χ2n) is 3.94. The number of nitrogens with one attached hydrogen (secondary N) is 2.